The van der Waals surface area contributed by atoms with Crippen molar-refractivity contribution in [3.63, 3.8) is 0 Å². The van der Waals surface area contributed by atoms with Gasteiger partial charge in [-0.1, -0.05) is 6.92 Å². The van der Waals surface area contributed by atoms with Gasteiger partial charge in [0, 0.05) is 5.92 Å². The van der Waals surface area contributed by atoms with Crippen LogP contribution in [-0.2, 0) is 28.6 Å². The molecule has 0 radical (unpaired) electrons. The quantitative estimate of drug-likeness (QED) is 0.581. The van der Waals surface area contributed by atoms with Crippen molar-refractivity contribution in [1.29, 1.82) is 0 Å². The Labute approximate surface area is 136 Å². The molecule has 3 fully saturated rings. The van der Waals surface area contributed by atoms with Gasteiger partial charge in [0.05, 0.1) is 18.4 Å². The normalized spacial score (nSPS) is 30.3. The number of fused-ring (bicyclic) bond motifs is 1. The molecule has 1 saturated heterocycles. The van der Waals surface area contributed by atoms with E-state index in [0.717, 1.165) is 18.8 Å². The molecular formula is C17H26O6. The summed E-state index contributed by atoms with van der Waals surface area (Å²) in [5.74, 6) is 0.934. The number of carbonyl (C=O) groups is 3. The van der Waals surface area contributed by atoms with Crippen molar-refractivity contribution in [3.8, 4) is 0 Å². The van der Waals surface area contributed by atoms with Crippen LogP contribution in [0.2, 0.25) is 0 Å². The fraction of sp³-hybridized carbons (Fsp3) is 0.824. The zero-order valence-corrected chi connectivity index (χ0v) is 14.3. The molecule has 0 spiro atoms. The zero-order chi connectivity index (χ0) is 17.2. The van der Waals surface area contributed by atoms with Gasteiger partial charge in [-0.2, -0.15) is 0 Å². The summed E-state index contributed by atoms with van der Waals surface area (Å²) in [5, 5.41) is 0. The first kappa shape index (κ1) is 17.8. The lowest BCUT2D eigenvalue weighted by Crippen LogP contribution is -2.28. The average Bonchev–Trinajstić information content (AvgIpc) is 3.15. The molecule has 0 N–H and O–H groups in total. The highest BCUT2D eigenvalue weighted by Crippen LogP contribution is 2.54. The van der Waals surface area contributed by atoms with Gasteiger partial charge in [0.1, 0.15) is 6.10 Å². The maximum absolute atomic E-state index is 11.3. The Hall–Kier alpha value is -1.59. The van der Waals surface area contributed by atoms with E-state index in [1.165, 1.54) is 13.5 Å². The number of hydrogen-bond donors (Lipinski definition) is 0. The summed E-state index contributed by atoms with van der Waals surface area (Å²) >= 11 is 0. The van der Waals surface area contributed by atoms with E-state index < -0.39 is 11.4 Å². The lowest BCUT2D eigenvalue weighted by molar-refractivity contribution is -0.163. The van der Waals surface area contributed by atoms with E-state index in [-0.39, 0.29) is 18.5 Å². The molecule has 4 unspecified atom stereocenters. The number of ether oxygens (including phenoxy) is 3. The summed E-state index contributed by atoms with van der Waals surface area (Å²) in [6.45, 7) is 5.12. The largest absolute Gasteiger partial charge is 0.466 e. The summed E-state index contributed by atoms with van der Waals surface area (Å²) in [6.07, 6.45) is 4.55. The topological polar surface area (TPSA) is 78.9 Å². The van der Waals surface area contributed by atoms with Crippen LogP contribution in [0.3, 0.4) is 0 Å². The number of esters is 3. The van der Waals surface area contributed by atoms with Crippen molar-refractivity contribution < 1.29 is 28.6 Å². The van der Waals surface area contributed by atoms with E-state index in [4.69, 9.17) is 9.47 Å². The maximum Gasteiger partial charge on any atom is 0.344 e. The van der Waals surface area contributed by atoms with E-state index in [1.54, 1.807) is 13.8 Å². The second-order valence-electron chi connectivity index (χ2n) is 7.21. The minimum absolute atomic E-state index is 0.0926. The van der Waals surface area contributed by atoms with Crippen LogP contribution >= 0.6 is 0 Å². The van der Waals surface area contributed by atoms with Crippen molar-refractivity contribution >= 4 is 17.9 Å². The Morgan fingerprint density at radius 1 is 1.26 bits per heavy atom. The summed E-state index contributed by atoms with van der Waals surface area (Å²) < 4.78 is 14.3. The van der Waals surface area contributed by atoms with E-state index in [1.807, 2.05) is 6.92 Å². The van der Waals surface area contributed by atoms with Crippen LogP contribution < -0.4 is 0 Å². The molecule has 3 rings (SSSR count). The second kappa shape index (κ2) is 6.89. The summed E-state index contributed by atoms with van der Waals surface area (Å²) in [6, 6.07) is 0. The van der Waals surface area contributed by atoms with Crippen molar-refractivity contribution in [2.75, 3.05) is 13.7 Å². The predicted molar refractivity (Wildman–Crippen MR) is 81.2 cm³/mol. The minimum atomic E-state index is -0.541. The zero-order valence-electron chi connectivity index (χ0n) is 14.3. The lowest BCUT2D eigenvalue weighted by atomic mass is 9.90. The third kappa shape index (κ3) is 3.85. The van der Waals surface area contributed by atoms with E-state index in [0.29, 0.717) is 24.4 Å². The average molecular weight is 326 g/mol. The molecular weight excluding hydrogens is 300 g/mol. The number of carbonyl (C=O) groups excluding carboxylic acids is 3. The number of rotatable bonds is 4. The fourth-order valence-corrected chi connectivity index (χ4v) is 3.45. The predicted octanol–water partition coefficient (Wildman–Crippen LogP) is 2.10. The molecule has 23 heavy (non-hydrogen) atoms. The van der Waals surface area contributed by atoms with Gasteiger partial charge in [-0.3, -0.25) is 9.59 Å². The first-order valence-corrected chi connectivity index (χ1v) is 8.23. The molecule has 0 aromatic rings. The minimum Gasteiger partial charge on any atom is -0.466 e. The molecule has 2 saturated carbocycles. The van der Waals surface area contributed by atoms with Crippen LogP contribution in [0.1, 0.15) is 46.5 Å². The summed E-state index contributed by atoms with van der Waals surface area (Å²) in [5.41, 5.74) is -0.534. The highest BCUT2D eigenvalue weighted by atomic mass is 16.6. The smallest absolute Gasteiger partial charge is 0.344 e. The SMILES string of the molecule is CCC(C)(C)C(=O)OCC(=O)OC.O=C1OC2CC3CC1C2C3. The Kier molecular flexibility index (Phi) is 5.32. The van der Waals surface area contributed by atoms with Gasteiger partial charge >= 0.3 is 17.9 Å². The maximum atomic E-state index is 11.3. The van der Waals surface area contributed by atoms with Gasteiger partial charge in [-0.05, 0) is 45.4 Å². The van der Waals surface area contributed by atoms with Crippen LogP contribution in [0.5, 0.6) is 0 Å². The lowest BCUT2D eigenvalue weighted by Gasteiger charge is -2.19. The molecule has 4 atom stereocenters. The van der Waals surface area contributed by atoms with Crippen molar-refractivity contribution in [3.05, 3.63) is 0 Å². The molecule has 6 nitrogen and oxygen atoms in total. The molecule has 1 heterocycles. The van der Waals surface area contributed by atoms with Gasteiger partial charge in [0.15, 0.2) is 6.61 Å². The Balaban J connectivity index is 0.000000170. The Bertz CT molecular complexity index is 481. The van der Waals surface area contributed by atoms with E-state index in [9.17, 15) is 14.4 Å². The number of methoxy groups -OCH3 is 1. The fourth-order valence-electron chi connectivity index (χ4n) is 3.45. The Morgan fingerprint density at radius 2 is 1.96 bits per heavy atom. The molecule has 0 amide bonds. The molecule has 0 aromatic heterocycles. The molecule has 3 aliphatic rings. The summed E-state index contributed by atoms with van der Waals surface area (Å²) in [7, 11) is 1.25. The van der Waals surface area contributed by atoms with Gasteiger partial charge in [0.25, 0.3) is 0 Å². The molecule has 1 aliphatic heterocycles. The highest BCUT2D eigenvalue weighted by molar-refractivity contribution is 5.79. The monoisotopic (exact) mass is 326 g/mol. The molecule has 6 heteroatoms. The highest BCUT2D eigenvalue weighted by Gasteiger charge is 2.56. The van der Waals surface area contributed by atoms with Gasteiger partial charge in [0.2, 0.25) is 0 Å². The van der Waals surface area contributed by atoms with Gasteiger partial charge in [-0.15, -0.1) is 0 Å². The van der Waals surface area contributed by atoms with E-state index in [2.05, 4.69) is 4.74 Å². The van der Waals surface area contributed by atoms with E-state index >= 15 is 0 Å². The van der Waals surface area contributed by atoms with Crippen molar-refractivity contribution in [1.82, 2.24) is 0 Å². The first-order chi connectivity index (χ1) is 10.8. The van der Waals surface area contributed by atoms with Crippen LogP contribution in [-0.4, -0.2) is 37.7 Å². The molecule has 0 aromatic carbocycles. The van der Waals surface area contributed by atoms with Crippen LogP contribution in [0.4, 0.5) is 0 Å². The third-order valence-electron chi connectivity index (χ3n) is 5.31. The van der Waals surface area contributed by atoms with Crippen LogP contribution in [0, 0.1) is 23.2 Å². The summed E-state index contributed by atoms with van der Waals surface area (Å²) in [4.78, 5) is 33.0. The van der Waals surface area contributed by atoms with Crippen LogP contribution in [0.15, 0.2) is 0 Å². The number of hydrogen-bond acceptors (Lipinski definition) is 6. The molecule has 2 bridgehead atoms. The molecule has 2 aliphatic carbocycles. The molecule has 130 valence electrons. The van der Waals surface area contributed by atoms with Gasteiger partial charge in [-0.25, -0.2) is 4.79 Å². The van der Waals surface area contributed by atoms with Gasteiger partial charge < -0.3 is 14.2 Å². The standard InChI is InChI=1S/C9H16O4.C8H10O2/c1-5-9(2,3)8(11)13-6-7(10)12-4;9-8-6-2-4-1-5(6)7(3-4)10-8/h5-6H2,1-4H3;4-7H,1-3H2. The van der Waals surface area contributed by atoms with Crippen molar-refractivity contribution in [2.24, 2.45) is 23.2 Å². The van der Waals surface area contributed by atoms with Crippen LogP contribution in [0.25, 0.3) is 0 Å². The van der Waals surface area contributed by atoms with Crippen molar-refractivity contribution in [2.45, 2.75) is 52.6 Å². The Morgan fingerprint density at radius 3 is 2.43 bits per heavy atom. The second-order valence-corrected chi connectivity index (χ2v) is 7.21. The third-order valence-corrected chi connectivity index (χ3v) is 5.31. The first-order valence-electron chi connectivity index (χ1n) is 8.23.